The molecule has 24 heavy (non-hydrogen) atoms. The number of aliphatic hydroxyl groups excluding tert-OH is 1. The van der Waals surface area contributed by atoms with Crippen molar-refractivity contribution in [2.24, 2.45) is 0 Å². The van der Waals surface area contributed by atoms with Gasteiger partial charge in [-0.25, -0.2) is 0 Å². The van der Waals surface area contributed by atoms with E-state index in [1.54, 1.807) is 6.07 Å². The van der Waals surface area contributed by atoms with Crippen molar-refractivity contribution < 1.29 is 14.3 Å². The van der Waals surface area contributed by atoms with E-state index in [1.807, 2.05) is 36.4 Å². The van der Waals surface area contributed by atoms with Gasteiger partial charge in [0.25, 0.3) is 0 Å². The minimum Gasteiger partial charge on any atom is -0.461 e. The first-order valence-corrected chi connectivity index (χ1v) is 7.95. The van der Waals surface area contributed by atoms with Crippen LogP contribution in [0.3, 0.4) is 0 Å². The van der Waals surface area contributed by atoms with Gasteiger partial charge in [-0.2, -0.15) is 0 Å². The van der Waals surface area contributed by atoms with Gasteiger partial charge in [0.05, 0.1) is 0 Å². The molecule has 0 unspecified atom stereocenters. The Kier molecular flexibility index (Phi) is 4.82. The van der Waals surface area contributed by atoms with Crippen molar-refractivity contribution in [3.8, 4) is 0 Å². The van der Waals surface area contributed by atoms with Crippen LogP contribution in [-0.2, 0) is 17.8 Å². The first-order valence-electron chi connectivity index (χ1n) is 7.95. The van der Waals surface area contributed by atoms with Crippen molar-refractivity contribution in [3.63, 3.8) is 0 Å². The van der Waals surface area contributed by atoms with Crippen LogP contribution >= 0.6 is 0 Å². The number of nitrogens with one attached hydrogen (secondary N) is 2. The molecule has 5 nitrogen and oxygen atoms in total. The molecule has 0 saturated carbocycles. The maximum Gasteiger partial charge on any atom is 0.250 e. The SMILES string of the molecule is CCc1oc2ccccc2c1CNc1cccc(NC(=O)CO)c1. The molecule has 0 atom stereocenters. The molecule has 0 bridgehead atoms. The predicted octanol–water partition coefficient (Wildman–Crippen LogP) is 3.54. The van der Waals surface area contributed by atoms with E-state index in [0.717, 1.165) is 34.4 Å². The van der Waals surface area contributed by atoms with E-state index in [1.165, 1.54) is 0 Å². The van der Waals surface area contributed by atoms with E-state index in [4.69, 9.17) is 9.52 Å². The number of aliphatic hydroxyl groups is 1. The van der Waals surface area contributed by atoms with E-state index in [2.05, 4.69) is 23.6 Å². The number of hydrogen-bond donors (Lipinski definition) is 3. The van der Waals surface area contributed by atoms with Crippen LogP contribution in [0.1, 0.15) is 18.2 Å². The zero-order valence-electron chi connectivity index (χ0n) is 13.5. The van der Waals surface area contributed by atoms with Crippen LogP contribution in [0.2, 0.25) is 0 Å². The fraction of sp³-hybridized carbons (Fsp3) is 0.211. The van der Waals surface area contributed by atoms with Crippen LogP contribution < -0.4 is 10.6 Å². The summed E-state index contributed by atoms with van der Waals surface area (Å²) < 4.78 is 5.90. The molecule has 0 aliphatic carbocycles. The Morgan fingerprint density at radius 1 is 1.12 bits per heavy atom. The third kappa shape index (κ3) is 3.41. The van der Waals surface area contributed by atoms with Crippen molar-refractivity contribution in [2.75, 3.05) is 17.2 Å². The number of rotatable bonds is 6. The number of aryl methyl sites for hydroxylation is 1. The average Bonchev–Trinajstić information content (AvgIpc) is 2.98. The lowest BCUT2D eigenvalue weighted by molar-refractivity contribution is -0.118. The molecule has 124 valence electrons. The molecule has 1 amide bonds. The molecule has 5 heteroatoms. The second kappa shape index (κ2) is 7.19. The standard InChI is InChI=1S/C19H20N2O3/c1-2-17-16(15-8-3-4-9-18(15)24-17)11-20-13-6-5-7-14(10-13)21-19(23)12-22/h3-10,20,22H,2,11-12H2,1H3,(H,21,23). The predicted molar refractivity (Wildman–Crippen MR) is 95.1 cm³/mol. The number of fused-ring (bicyclic) bond motifs is 1. The number of hydrogen-bond acceptors (Lipinski definition) is 4. The quantitative estimate of drug-likeness (QED) is 0.648. The zero-order chi connectivity index (χ0) is 16.9. The highest BCUT2D eigenvalue weighted by Gasteiger charge is 2.12. The largest absolute Gasteiger partial charge is 0.461 e. The van der Waals surface area contributed by atoms with Gasteiger partial charge >= 0.3 is 0 Å². The molecule has 3 rings (SSSR count). The van der Waals surface area contributed by atoms with Gasteiger partial charge in [0.15, 0.2) is 0 Å². The number of anilines is 2. The molecule has 0 spiro atoms. The molecule has 0 aliphatic heterocycles. The Labute approximate surface area is 140 Å². The number of furan rings is 1. The topological polar surface area (TPSA) is 74.5 Å². The summed E-state index contributed by atoms with van der Waals surface area (Å²) in [4.78, 5) is 11.3. The lowest BCUT2D eigenvalue weighted by Gasteiger charge is -2.09. The van der Waals surface area contributed by atoms with Crippen LogP contribution in [0, 0.1) is 0 Å². The molecule has 2 aromatic carbocycles. The number of carbonyl (C=O) groups is 1. The van der Waals surface area contributed by atoms with Crippen LogP contribution in [-0.4, -0.2) is 17.6 Å². The van der Waals surface area contributed by atoms with Crippen LogP contribution in [0.5, 0.6) is 0 Å². The summed E-state index contributed by atoms with van der Waals surface area (Å²) in [6, 6.07) is 15.4. The Bertz CT molecular complexity index is 855. The maximum atomic E-state index is 11.3. The smallest absolute Gasteiger partial charge is 0.250 e. The third-order valence-electron chi connectivity index (χ3n) is 3.86. The first-order chi connectivity index (χ1) is 11.7. The molecular weight excluding hydrogens is 304 g/mol. The molecule has 3 aromatic rings. The average molecular weight is 324 g/mol. The lowest BCUT2D eigenvalue weighted by Crippen LogP contribution is -2.15. The summed E-state index contributed by atoms with van der Waals surface area (Å²) in [5.74, 6) is 0.551. The maximum absolute atomic E-state index is 11.3. The van der Waals surface area contributed by atoms with E-state index in [-0.39, 0.29) is 0 Å². The van der Waals surface area contributed by atoms with Gasteiger partial charge < -0.3 is 20.2 Å². The van der Waals surface area contributed by atoms with Crippen molar-refractivity contribution >= 4 is 28.3 Å². The van der Waals surface area contributed by atoms with Gasteiger partial charge in [0.2, 0.25) is 5.91 Å². The minimum absolute atomic E-state index is 0.429. The summed E-state index contributed by atoms with van der Waals surface area (Å²) in [6.45, 7) is 2.18. The highest BCUT2D eigenvalue weighted by Crippen LogP contribution is 2.27. The fourth-order valence-corrected chi connectivity index (χ4v) is 2.73. The van der Waals surface area contributed by atoms with Gasteiger partial charge in [0.1, 0.15) is 18.0 Å². The monoisotopic (exact) mass is 324 g/mol. The van der Waals surface area contributed by atoms with E-state index in [0.29, 0.717) is 12.2 Å². The van der Waals surface area contributed by atoms with Crippen LogP contribution in [0.4, 0.5) is 11.4 Å². The normalized spacial score (nSPS) is 10.8. The highest BCUT2D eigenvalue weighted by atomic mass is 16.3. The summed E-state index contributed by atoms with van der Waals surface area (Å²) in [7, 11) is 0. The van der Waals surface area contributed by atoms with Crippen molar-refractivity contribution in [2.45, 2.75) is 19.9 Å². The van der Waals surface area contributed by atoms with Crippen molar-refractivity contribution in [3.05, 3.63) is 59.9 Å². The second-order valence-corrected chi connectivity index (χ2v) is 5.49. The van der Waals surface area contributed by atoms with Crippen LogP contribution in [0.15, 0.2) is 52.9 Å². The van der Waals surface area contributed by atoms with Crippen molar-refractivity contribution in [1.29, 1.82) is 0 Å². The van der Waals surface area contributed by atoms with E-state index < -0.39 is 12.5 Å². The first kappa shape index (κ1) is 16.1. The van der Waals surface area contributed by atoms with Gasteiger partial charge in [-0.05, 0) is 24.3 Å². The zero-order valence-corrected chi connectivity index (χ0v) is 13.5. The Morgan fingerprint density at radius 2 is 1.92 bits per heavy atom. The third-order valence-corrected chi connectivity index (χ3v) is 3.86. The summed E-state index contributed by atoms with van der Waals surface area (Å²) in [5.41, 5.74) is 3.58. The Balaban J connectivity index is 1.79. The molecule has 1 aromatic heterocycles. The molecule has 0 radical (unpaired) electrons. The summed E-state index contributed by atoms with van der Waals surface area (Å²) in [6.07, 6.45) is 0.832. The van der Waals surface area contributed by atoms with E-state index >= 15 is 0 Å². The van der Waals surface area contributed by atoms with Gasteiger partial charge in [-0.3, -0.25) is 4.79 Å². The number of para-hydroxylation sites is 1. The van der Waals surface area contributed by atoms with Crippen LogP contribution in [0.25, 0.3) is 11.0 Å². The Morgan fingerprint density at radius 3 is 2.71 bits per heavy atom. The number of benzene rings is 2. The molecular formula is C19H20N2O3. The molecule has 0 aliphatic rings. The van der Waals surface area contributed by atoms with Gasteiger partial charge in [0, 0.05) is 35.3 Å². The number of carbonyl (C=O) groups excluding carboxylic acids is 1. The van der Waals surface area contributed by atoms with Gasteiger partial charge in [-0.1, -0.05) is 31.2 Å². The molecule has 0 saturated heterocycles. The number of amides is 1. The molecule has 3 N–H and O–H groups in total. The second-order valence-electron chi connectivity index (χ2n) is 5.49. The summed E-state index contributed by atoms with van der Waals surface area (Å²) in [5, 5.41) is 15.9. The molecule has 0 fully saturated rings. The lowest BCUT2D eigenvalue weighted by atomic mass is 10.1. The van der Waals surface area contributed by atoms with E-state index in [9.17, 15) is 4.79 Å². The van der Waals surface area contributed by atoms with Crippen molar-refractivity contribution in [1.82, 2.24) is 0 Å². The minimum atomic E-state index is -0.529. The highest BCUT2D eigenvalue weighted by molar-refractivity contribution is 5.92. The summed E-state index contributed by atoms with van der Waals surface area (Å²) >= 11 is 0. The fourth-order valence-electron chi connectivity index (χ4n) is 2.73. The van der Waals surface area contributed by atoms with Gasteiger partial charge in [-0.15, -0.1) is 0 Å². The Hall–Kier alpha value is -2.79. The molecule has 1 heterocycles.